The highest BCUT2D eigenvalue weighted by molar-refractivity contribution is 7.11. The Hall–Kier alpha value is -0.450. The first kappa shape index (κ1) is 12.6. The summed E-state index contributed by atoms with van der Waals surface area (Å²) < 4.78 is 0. The van der Waals surface area contributed by atoms with Gasteiger partial charge in [-0.15, -0.1) is 11.3 Å². The van der Waals surface area contributed by atoms with Crippen LogP contribution in [-0.2, 0) is 6.42 Å². The molecule has 0 aliphatic heterocycles. The van der Waals surface area contributed by atoms with Crippen molar-refractivity contribution in [2.75, 3.05) is 6.61 Å². The number of fused-ring (bicyclic) bond motifs is 1. The maximum Gasteiger partial charge on any atom is 0.0900 e. The number of rotatable bonds is 3. The van der Waals surface area contributed by atoms with Crippen LogP contribution >= 0.6 is 11.3 Å². The van der Waals surface area contributed by atoms with Crippen LogP contribution in [0.25, 0.3) is 0 Å². The van der Waals surface area contributed by atoms with E-state index in [1.807, 2.05) is 11.3 Å². The molecule has 1 saturated carbocycles. The summed E-state index contributed by atoms with van der Waals surface area (Å²) >= 11 is 1.85. The molecule has 0 amide bonds. The van der Waals surface area contributed by atoms with Gasteiger partial charge in [-0.25, -0.2) is 4.98 Å². The summed E-state index contributed by atoms with van der Waals surface area (Å²) in [4.78, 5) is 6.10. The molecule has 3 unspecified atom stereocenters. The van der Waals surface area contributed by atoms with E-state index in [0.29, 0.717) is 24.6 Å². The number of aliphatic hydroxyl groups excluding tert-OH is 1. The van der Waals surface area contributed by atoms with Crippen molar-refractivity contribution in [3.8, 4) is 0 Å². The van der Waals surface area contributed by atoms with E-state index in [1.165, 1.54) is 47.7 Å². The maximum absolute atomic E-state index is 9.42. The Morgan fingerprint density at radius 2 is 2.22 bits per heavy atom. The summed E-state index contributed by atoms with van der Waals surface area (Å²) in [5.41, 5.74) is 1.32. The van der Waals surface area contributed by atoms with Gasteiger partial charge in [-0.05, 0) is 44.9 Å². The Kier molecular flexibility index (Phi) is 3.68. The molecule has 0 bridgehead atoms. The lowest BCUT2D eigenvalue weighted by Crippen LogP contribution is -2.37. The number of aryl methyl sites for hydroxylation is 2. The molecule has 3 rings (SSSR count). The van der Waals surface area contributed by atoms with E-state index < -0.39 is 0 Å². The van der Waals surface area contributed by atoms with Gasteiger partial charge in [0.1, 0.15) is 0 Å². The Bertz CT molecular complexity index is 418. The van der Waals surface area contributed by atoms with E-state index in [9.17, 15) is 5.11 Å². The first-order chi connectivity index (χ1) is 8.78. The lowest BCUT2D eigenvalue weighted by atomic mass is 9.95. The van der Waals surface area contributed by atoms with Crippen LogP contribution in [0.3, 0.4) is 0 Å². The van der Waals surface area contributed by atoms with Crippen LogP contribution in [0.1, 0.15) is 53.7 Å². The predicted molar refractivity (Wildman–Crippen MR) is 73.9 cm³/mol. The molecule has 0 radical (unpaired) electrons. The van der Waals surface area contributed by atoms with Crippen molar-refractivity contribution in [2.24, 2.45) is 5.92 Å². The molecule has 1 heterocycles. The average molecular weight is 266 g/mol. The molecule has 1 aromatic heterocycles. The quantitative estimate of drug-likeness (QED) is 0.884. The average Bonchev–Trinajstić information content (AvgIpc) is 2.94. The van der Waals surface area contributed by atoms with Gasteiger partial charge in [-0.3, -0.25) is 0 Å². The van der Waals surface area contributed by atoms with Gasteiger partial charge < -0.3 is 10.4 Å². The van der Waals surface area contributed by atoms with Crippen molar-refractivity contribution < 1.29 is 5.11 Å². The van der Waals surface area contributed by atoms with Gasteiger partial charge in [0.2, 0.25) is 0 Å². The highest BCUT2D eigenvalue weighted by Crippen LogP contribution is 2.36. The molecule has 0 saturated heterocycles. The first-order valence-electron chi connectivity index (χ1n) is 7.11. The molecule has 2 aliphatic carbocycles. The monoisotopic (exact) mass is 266 g/mol. The number of thiazole rings is 1. The number of nitrogens with zero attached hydrogens (tertiary/aromatic N) is 1. The van der Waals surface area contributed by atoms with Crippen LogP contribution in [0.5, 0.6) is 0 Å². The summed E-state index contributed by atoms with van der Waals surface area (Å²) in [5.74, 6) is 0.462. The fourth-order valence-electron chi connectivity index (χ4n) is 3.43. The van der Waals surface area contributed by atoms with E-state index in [1.54, 1.807) is 0 Å². The minimum absolute atomic E-state index is 0.332. The van der Waals surface area contributed by atoms with Crippen molar-refractivity contribution in [1.82, 2.24) is 10.3 Å². The topological polar surface area (TPSA) is 45.2 Å². The molecule has 18 heavy (non-hydrogen) atoms. The van der Waals surface area contributed by atoms with Crippen LogP contribution in [-0.4, -0.2) is 22.7 Å². The molecule has 4 heteroatoms. The van der Waals surface area contributed by atoms with Gasteiger partial charge in [0.25, 0.3) is 0 Å². The van der Waals surface area contributed by atoms with Crippen LogP contribution in [0.2, 0.25) is 0 Å². The molecule has 3 nitrogen and oxygen atoms in total. The molecular weight excluding hydrogens is 244 g/mol. The van der Waals surface area contributed by atoms with Gasteiger partial charge in [0.05, 0.1) is 10.7 Å². The lowest BCUT2D eigenvalue weighted by molar-refractivity contribution is 0.197. The molecule has 0 spiro atoms. The smallest absolute Gasteiger partial charge is 0.0900 e. The summed E-state index contributed by atoms with van der Waals surface area (Å²) in [6.45, 7) is 2.44. The zero-order valence-corrected chi connectivity index (χ0v) is 11.8. The number of nitrogens with one attached hydrogen (secondary N) is 1. The van der Waals surface area contributed by atoms with E-state index in [4.69, 9.17) is 0 Å². The second-order valence-corrected chi connectivity index (χ2v) is 6.87. The van der Waals surface area contributed by atoms with Crippen molar-refractivity contribution in [3.05, 3.63) is 15.6 Å². The third kappa shape index (κ3) is 2.33. The molecule has 3 atom stereocenters. The zero-order valence-electron chi connectivity index (χ0n) is 11.0. The highest BCUT2D eigenvalue weighted by Gasteiger charge is 2.31. The number of hydrogen-bond acceptors (Lipinski definition) is 4. The fourth-order valence-corrected chi connectivity index (χ4v) is 4.50. The minimum Gasteiger partial charge on any atom is -0.396 e. The zero-order chi connectivity index (χ0) is 12.5. The van der Waals surface area contributed by atoms with Crippen LogP contribution < -0.4 is 5.32 Å². The molecule has 100 valence electrons. The molecule has 0 aromatic carbocycles. The number of aliphatic hydroxyl groups is 1. The van der Waals surface area contributed by atoms with E-state index in [0.717, 1.165) is 6.42 Å². The van der Waals surface area contributed by atoms with Crippen LogP contribution in [0.15, 0.2) is 0 Å². The molecule has 2 N–H and O–H groups in total. The highest BCUT2D eigenvalue weighted by atomic mass is 32.1. The number of aromatic nitrogens is 1. The minimum atomic E-state index is 0.332. The summed E-state index contributed by atoms with van der Waals surface area (Å²) in [6, 6.07) is 0.991. The number of hydrogen-bond donors (Lipinski definition) is 2. The Balaban J connectivity index is 1.74. The van der Waals surface area contributed by atoms with Crippen LogP contribution in [0.4, 0.5) is 0 Å². The third-order valence-corrected chi connectivity index (χ3v) is 5.49. The Morgan fingerprint density at radius 1 is 1.33 bits per heavy atom. The van der Waals surface area contributed by atoms with Gasteiger partial charge in [-0.2, -0.15) is 0 Å². The van der Waals surface area contributed by atoms with Gasteiger partial charge >= 0.3 is 0 Å². The van der Waals surface area contributed by atoms with Crippen molar-refractivity contribution in [2.45, 2.75) is 57.5 Å². The SMILES string of the molecule is Cc1nc2c(s1)C(NC1CCCC1CO)CCC2. The third-order valence-electron chi connectivity index (χ3n) is 4.37. The van der Waals surface area contributed by atoms with E-state index in [2.05, 4.69) is 17.2 Å². The van der Waals surface area contributed by atoms with Crippen molar-refractivity contribution in [3.63, 3.8) is 0 Å². The second kappa shape index (κ2) is 5.27. The van der Waals surface area contributed by atoms with Crippen molar-refractivity contribution in [1.29, 1.82) is 0 Å². The summed E-state index contributed by atoms with van der Waals surface area (Å²) in [6.07, 6.45) is 7.26. The molecule has 1 fully saturated rings. The van der Waals surface area contributed by atoms with Gasteiger partial charge in [-0.1, -0.05) is 6.42 Å². The molecular formula is C14H22N2OS. The maximum atomic E-state index is 9.42. The first-order valence-corrected chi connectivity index (χ1v) is 7.92. The lowest BCUT2D eigenvalue weighted by Gasteiger charge is -2.28. The Labute approximate surface area is 113 Å². The molecule has 1 aromatic rings. The van der Waals surface area contributed by atoms with E-state index in [-0.39, 0.29) is 0 Å². The standard InChI is InChI=1S/C14H22N2OS/c1-9-15-12-6-3-7-13(14(12)18-9)16-11-5-2-4-10(11)8-17/h10-11,13,16-17H,2-8H2,1H3. The van der Waals surface area contributed by atoms with Gasteiger partial charge in [0, 0.05) is 23.6 Å². The summed E-state index contributed by atoms with van der Waals surface area (Å²) in [5, 5.41) is 14.4. The normalized spacial score (nSPS) is 31.6. The molecule has 2 aliphatic rings. The summed E-state index contributed by atoms with van der Waals surface area (Å²) in [7, 11) is 0. The van der Waals surface area contributed by atoms with Crippen LogP contribution in [0, 0.1) is 12.8 Å². The Morgan fingerprint density at radius 3 is 3.06 bits per heavy atom. The second-order valence-electron chi connectivity index (χ2n) is 5.64. The van der Waals surface area contributed by atoms with Gasteiger partial charge in [0.15, 0.2) is 0 Å². The van der Waals surface area contributed by atoms with Crippen molar-refractivity contribution >= 4 is 11.3 Å². The van der Waals surface area contributed by atoms with E-state index >= 15 is 0 Å². The predicted octanol–water partition coefficient (Wildman–Crippen LogP) is 2.58. The fraction of sp³-hybridized carbons (Fsp3) is 0.786. The largest absolute Gasteiger partial charge is 0.396 e.